The first-order chi connectivity index (χ1) is 16.8. The number of amides is 1. The fourth-order valence-electron chi connectivity index (χ4n) is 4.52. The SMILES string of the molecule is Cc1ccc(-c2cc(C(=O)Nc3ccc(N4CCN(C)CC4)cc3C)c3cnn(C(C)C)c3n2)s1. The molecule has 0 atom stereocenters. The first kappa shape index (κ1) is 23.5. The number of thiophene rings is 1. The molecule has 0 radical (unpaired) electrons. The highest BCUT2D eigenvalue weighted by molar-refractivity contribution is 7.15. The lowest BCUT2D eigenvalue weighted by Crippen LogP contribution is -2.44. The summed E-state index contributed by atoms with van der Waals surface area (Å²) >= 11 is 1.68. The minimum atomic E-state index is -0.148. The summed E-state index contributed by atoms with van der Waals surface area (Å²) < 4.78 is 1.88. The number of aryl methyl sites for hydroxylation is 2. The van der Waals surface area contributed by atoms with Crippen molar-refractivity contribution >= 4 is 39.7 Å². The van der Waals surface area contributed by atoms with Gasteiger partial charge in [0.05, 0.1) is 27.7 Å². The maximum atomic E-state index is 13.6. The van der Waals surface area contributed by atoms with Gasteiger partial charge in [0.25, 0.3) is 5.91 Å². The zero-order valence-electron chi connectivity index (χ0n) is 21.0. The summed E-state index contributed by atoms with van der Waals surface area (Å²) in [5.74, 6) is -0.148. The molecule has 1 aliphatic rings. The molecule has 4 aromatic rings. The van der Waals surface area contributed by atoms with E-state index >= 15 is 0 Å². The maximum Gasteiger partial charge on any atom is 0.256 e. The van der Waals surface area contributed by atoms with Crippen LogP contribution in [0.15, 0.2) is 42.6 Å². The monoisotopic (exact) mass is 488 g/mol. The van der Waals surface area contributed by atoms with E-state index in [1.165, 1.54) is 10.6 Å². The van der Waals surface area contributed by atoms with Crippen LogP contribution in [0, 0.1) is 13.8 Å². The number of fused-ring (bicyclic) bond motifs is 1. The summed E-state index contributed by atoms with van der Waals surface area (Å²) in [6, 6.07) is 12.5. The largest absolute Gasteiger partial charge is 0.369 e. The molecule has 0 unspecified atom stereocenters. The predicted molar refractivity (Wildman–Crippen MR) is 145 cm³/mol. The van der Waals surface area contributed by atoms with Gasteiger partial charge in [-0.1, -0.05) is 0 Å². The highest BCUT2D eigenvalue weighted by Crippen LogP contribution is 2.31. The summed E-state index contributed by atoms with van der Waals surface area (Å²) in [6.45, 7) is 12.4. The van der Waals surface area contributed by atoms with Crippen LogP contribution < -0.4 is 10.2 Å². The second-order valence-corrected chi connectivity index (χ2v) is 10.9. The first-order valence-corrected chi connectivity index (χ1v) is 12.9. The molecule has 4 heterocycles. The van der Waals surface area contributed by atoms with Gasteiger partial charge in [-0.3, -0.25) is 4.79 Å². The van der Waals surface area contributed by atoms with E-state index in [2.05, 4.69) is 72.3 Å². The Bertz CT molecular complexity index is 1380. The summed E-state index contributed by atoms with van der Waals surface area (Å²) in [7, 11) is 2.16. The van der Waals surface area contributed by atoms with E-state index in [4.69, 9.17) is 4.98 Å². The second kappa shape index (κ2) is 9.43. The Labute approximate surface area is 210 Å². The first-order valence-electron chi connectivity index (χ1n) is 12.1. The molecule has 1 amide bonds. The number of carbonyl (C=O) groups is 1. The van der Waals surface area contributed by atoms with Gasteiger partial charge in [-0.2, -0.15) is 5.10 Å². The van der Waals surface area contributed by atoms with Crippen molar-refractivity contribution in [2.24, 2.45) is 0 Å². The van der Waals surface area contributed by atoms with Crippen molar-refractivity contribution in [3.63, 3.8) is 0 Å². The Hall–Kier alpha value is -3.23. The Kier molecular flexibility index (Phi) is 6.34. The summed E-state index contributed by atoms with van der Waals surface area (Å²) in [4.78, 5) is 25.5. The number of benzene rings is 1. The van der Waals surface area contributed by atoms with E-state index in [9.17, 15) is 4.79 Å². The molecule has 5 rings (SSSR count). The van der Waals surface area contributed by atoms with E-state index in [0.717, 1.165) is 59.0 Å². The highest BCUT2D eigenvalue weighted by atomic mass is 32.1. The van der Waals surface area contributed by atoms with Crippen LogP contribution in [0.1, 0.15) is 40.7 Å². The number of pyridine rings is 1. The molecule has 35 heavy (non-hydrogen) atoms. The molecule has 1 aromatic carbocycles. The smallest absolute Gasteiger partial charge is 0.256 e. The minimum absolute atomic E-state index is 0.139. The van der Waals surface area contributed by atoms with Crippen LogP contribution in [0.5, 0.6) is 0 Å². The molecule has 3 aromatic heterocycles. The number of aromatic nitrogens is 3. The number of piperazine rings is 1. The predicted octanol–water partition coefficient (Wildman–Crippen LogP) is 5.36. The fraction of sp³-hybridized carbons (Fsp3) is 0.370. The molecule has 1 aliphatic heterocycles. The lowest BCUT2D eigenvalue weighted by Gasteiger charge is -2.34. The number of anilines is 2. The van der Waals surface area contributed by atoms with Crippen LogP contribution in [0.4, 0.5) is 11.4 Å². The minimum Gasteiger partial charge on any atom is -0.369 e. The average Bonchev–Trinajstić information content (AvgIpc) is 3.46. The standard InChI is InChI=1S/C27H32N6OS/c1-17(2)33-26-22(16-28-33)21(15-24(29-26)25-9-6-19(4)35-25)27(34)30-23-8-7-20(14-18(23)3)32-12-10-31(5)11-13-32/h6-9,14-17H,10-13H2,1-5H3,(H,30,34). The third-order valence-corrected chi connectivity index (χ3v) is 7.64. The van der Waals surface area contributed by atoms with E-state index in [1.807, 2.05) is 23.7 Å². The average molecular weight is 489 g/mol. The van der Waals surface area contributed by atoms with Crippen LogP contribution in [0.25, 0.3) is 21.6 Å². The van der Waals surface area contributed by atoms with Crippen molar-refractivity contribution in [1.82, 2.24) is 19.7 Å². The van der Waals surface area contributed by atoms with E-state index in [1.54, 1.807) is 17.5 Å². The lowest BCUT2D eigenvalue weighted by molar-refractivity contribution is 0.102. The lowest BCUT2D eigenvalue weighted by atomic mass is 10.1. The van der Waals surface area contributed by atoms with E-state index in [0.29, 0.717) is 5.56 Å². The molecule has 0 aliphatic carbocycles. The highest BCUT2D eigenvalue weighted by Gasteiger charge is 2.20. The molecule has 8 heteroatoms. The van der Waals surface area contributed by atoms with E-state index in [-0.39, 0.29) is 11.9 Å². The van der Waals surface area contributed by atoms with Crippen molar-refractivity contribution < 1.29 is 4.79 Å². The summed E-state index contributed by atoms with van der Waals surface area (Å²) in [5, 5.41) is 8.45. The number of carbonyl (C=O) groups excluding carboxylic acids is 1. The Morgan fingerprint density at radius 1 is 1.06 bits per heavy atom. The molecule has 1 fully saturated rings. The van der Waals surface area contributed by atoms with Gasteiger partial charge in [-0.15, -0.1) is 11.3 Å². The number of likely N-dealkylation sites (N-methyl/N-ethyl adjacent to an activating group) is 1. The van der Waals surface area contributed by atoms with Crippen LogP contribution in [0.3, 0.4) is 0 Å². The maximum absolute atomic E-state index is 13.6. The summed E-state index contributed by atoms with van der Waals surface area (Å²) in [5.41, 5.74) is 5.19. The van der Waals surface area contributed by atoms with Crippen molar-refractivity contribution in [3.8, 4) is 10.6 Å². The van der Waals surface area contributed by atoms with E-state index < -0.39 is 0 Å². The van der Waals surface area contributed by atoms with Crippen LogP contribution in [0.2, 0.25) is 0 Å². The van der Waals surface area contributed by atoms with Gasteiger partial charge in [-0.25, -0.2) is 9.67 Å². The zero-order valence-corrected chi connectivity index (χ0v) is 21.8. The van der Waals surface area contributed by atoms with Gasteiger partial charge >= 0.3 is 0 Å². The van der Waals surface area contributed by atoms with Crippen LogP contribution in [-0.4, -0.2) is 58.8 Å². The Balaban J connectivity index is 1.47. The zero-order chi connectivity index (χ0) is 24.7. The molecular formula is C27H32N6OS. The van der Waals surface area contributed by atoms with Crippen molar-refractivity contribution in [2.75, 3.05) is 43.4 Å². The normalized spacial score (nSPS) is 14.7. The molecular weight excluding hydrogens is 456 g/mol. The van der Waals surface area contributed by atoms with Gasteiger partial charge in [0.2, 0.25) is 0 Å². The van der Waals surface area contributed by atoms with Gasteiger partial charge in [0, 0.05) is 48.5 Å². The van der Waals surface area contributed by atoms with Crippen molar-refractivity contribution in [3.05, 3.63) is 58.6 Å². The quantitative estimate of drug-likeness (QED) is 0.410. The second-order valence-electron chi connectivity index (χ2n) is 9.63. The molecule has 182 valence electrons. The van der Waals surface area contributed by atoms with Gasteiger partial charge < -0.3 is 15.1 Å². The fourth-order valence-corrected chi connectivity index (χ4v) is 5.35. The third-order valence-electron chi connectivity index (χ3n) is 6.62. The molecule has 0 saturated carbocycles. The van der Waals surface area contributed by atoms with Crippen LogP contribution in [-0.2, 0) is 0 Å². The molecule has 0 bridgehead atoms. The molecule has 1 N–H and O–H groups in total. The van der Waals surface area contributed by atoms with Gasteiger partial charge in [0.1, 0.15) is 0 Å². The Morgan fingerprint density at radius 3 is 2.49 bits per heavy atom. The summed E-state index contributed by atoms with van der Waals surface area (Å²) in [6.07, 6.45) is 1.75. The third kappa shape index (κ3) is 4.68. The number of hydrogen-bond donors (Lipinski definition) is 1. The molecule has 0 spiro atoms. The number of rotatable bonds is 5. The number of nitrogens with one attached hydrogen (secondary N) is 1. The van der Waals surface area contributed by atoms with Crippen molar-refractivity contribution in [2.45, 2.75) is 33.7 Å². The number of nitrogens with zero attached hydrogens (tertiary/aromatic N) is 5. The van der Waals surface area contributed by atoms with Crippen LogP contribution >= 0.6 is 11.3 Å². The topological polar surface area (TPSA) is 66.3 Å². The molecule has 7 nitrogen and oxygen atoms in total. The Morgan fingerprint density at radius 2 is 1.83 bits per heavy atom. The molecule has 1 saturated heterocycles. The van der Waals surface area contributed by atoms with Gasteiger partial charge in [-0.05, 0) is 76.7 Å². The van der Waals surface area contributed by atoms with Crippen molar-refractivity contribution in [1.29, 1.82) is 0 Å². The number of hydrogen-bond acceptors (Lipinski definition) is 6. The van der Waals surface area contributed by atoms with Gasteiger partial charge in [0.15, 0.2) is 5.65 Å².